The van der Waals surface area contributed by atoms with Gasteiger partial charge in [0.1, 0.15) is 11.3 Å². The quantitative estimate of drug-likeness (QED) is 0.670. The van der Waals surface area contributed by atoms with Gasteiger partial charge in [-0.1, -0.05) is 0 Å². The number of carbonyl (C=O) groups is 1. The third kappa shape index (κ3) is 3.82. The average molecular weight is 226 g/mol. The minimum Gasteiger partial charge on any atom is -0.444 e. The topological polar surface area (TPSA) is 82.2 Å². The first-order valence-corrected chi connectivity index (χ1v) is 5.46. The zero-order chi connectivity index (χ0) is 11.6. The molecule has 0 aromatic carbocycles. The molecule has 0 saturated carbocycles. The third-order valence-corrected chi connectivity index (χ3v) is 1.95. The van der Waals surface area contributed by atoms with E-state index >= 15 is 0 Å². The van der Waals surface area contributed by atoms with Gasteiger partial charge in [-0.3, -0.25) is 5.32 Å². The Balaban J connectivity index is 2.63. The van der Waals surface area contributed by atoms with Gasteiger partial charge in [0.25, 0.3) is 0 Å². The molecule has 1 amide bonds. The monoisotopic (exact) mass is 226 g/mol. The van der Waals surface area contributed by atoms with Crippen LogP contribution in [-0.2, 0) is 4.74 Å². The van der Waals surface area contributed by atoms with Crippen molar-refractivity contribution < 1.29 is 9.53 Å². The summed E-state index contributed by atoms with van der Waals surface area (Å²) in [5.41, 5.74) is 5.54. The first-order valence-electron chi connectivity index (χ1n) is 4.57. The standard InChI is InChI=1S/C8H14N4O2.Al.2H/c1-8(2,3)14-7(13)11-5-4-10-12-6(5)9;;;/h4H,1-3H3,(H4,9,10,11,12,13);;;/q;+1;;/p-1. The zero-order valence-electron chi connectivity index (χ0n) is 9.37. The fraction of sp³-hybridized carbons (Fsp3) is 0.500. The van der Waals surface area contributed by atoms with Crippen LogP contribution in [-0.4, -0.2) is 37.0 Å². The zero-order valence-corrected chi connectivity index (χ0v) is 11.4. The minimum absolute atomic E-state index is 0.302. The highest BCUT2D eigenvalue weighted by atomic mass is 27.1. The lowest BCUT2D eigenvalue weighted by atomic mass is 10.2. The number of anilines is 2. The molecule has 15 heavy (non-hydrogen) atoms. The van der Waals surface area contributed by atoms with E-state index in [1.807, 2.05) is 0 Å². The lowest BCUT2D eigenvalue weighted by Crippen LogP contribution is -2.27. The van der Waals surface area contributed by atoms with Crippen LogP contribution in [0.2, 0.25) is 0 Å². The number of ether oxygens (including phenoxy) is 1. The number of rotatable bonds is 1. The number of nitrogens with one attached hydrogen (secondary N) is 1. The molecule has 0 aliphatic carbocycles. The van der Waals surface area contributed by atoms with Crippen molar-refractivity contribution in [2.24, 2.45) is 0 Å². The summed E-state index contributed by atoms with van der Waals surface area (Å²) in [6, 6.07) is 0. The van der Waals surface area contributed by atoms with Gasteiger partial charge in [-0.2, -0.15) is 5.10 Å². The Labute approximate surface area is 96.4 Å². The molecule has 82 valence electrons. The molecule has 0 radical (unpaired) electrons. The molecule has 0 bridgehead atoms. The molecule has 3 N–H and O–H groups in total. The van der Waals surface area contributed by atoms with Gasteiger partial charge in [-0.05, 0) is 20.8 Å². The van der Waals surface area contributed by atoms with E-state index in [4.69, 9.17) is 10.5 Å². The molecule has 0 atom stereocenters. The third-order valence-electron chi connectivity index (χ3n) is 1.49. The van der Waals surface area contributed by atoms with E-state index < -0.39 is 11.7 Å². The second-order valence-corrected chi connectivity index (χ2v) is 5.14. The molecule has 0 spiro atoms. The van der Waals surface area contributed by atoms with E-state index in [-0.39, 0.29) is 0 Å². The molecule has 1 aromatic heterocycles. The maximum Gasteiger partial charge on any atom is 0.412 e. The molecule has 0 fully saturated rings. The van der Waals surface area contributed by atoms with Gasteiger partial charge in [0.15, 0.2) is 5.82 Å². The summed E-state index contributed by atoms with van der Waals surface area (Å²) in [7, 11) is 0. The Morgan fingerprint density at radius 1 is 1.67 bits per heavy atom. The molecule has 1 heterocycles. The summed E-state index contributed by atoms with van der Waals surface area (Å²) in [5.74, 6) is 0.302. The van der Waals surface area contributed by atoms with Gasteiger partial charge >= 0.3 is 22.6 Å². The molecule has 0 aliphatic heterocycles. The van der Waals surface area contributed by atoms with Crippen LogP contribution in [0.5, 0.6) is 0 Å². The Morgan fingerprint density at radius 3 is 2.67 bits per heavy atom. The summed E-state index contributed by atoms with van der Waals surface area (Å²) >= 11 is 0.720. The normalized spacial score (nSPS) is 11.1. The molecular formula is C8H15AlN4O2. The highest BCUT2D eigenvalue weighted by Gasteiger charge is 2.17. The molecular weight excluding hydrogens is 211 g/mol. The van der Waals surface area contributed by atoms with Gasteiger partial charge in [0, 0.05) is 6.20 Å². The highest BCUT2D eigenvalue weighted by Crippen LogP contribution is 2.16. The van der Waals surface area contributed by atoms with Crippen molar-refractivity contribution in [3.05, 3.63) is 6.20 Å². The second-order valence-electron chi connectivity index (χ2n) is 4.23. The van der Waals surface area contributed by atoms with Crippen molar-refractivity contribution in [1.82, 2.24) is 8.76 Å². The van der Waals surface area contributed by atoms with E-state index in [2.05, 4.69) is 10.4 Å². The predicted molar refractivity (Wildman–Crippen MR) is 60.4 cm³/mol. The van der Waals surface area contributed by atoms with Gasteiger partial charge in [0.2, 0.25) is 0 Å². The number of hydrogen-bond acceptors (Lipinski definition) is 4. The smallest absolute Gasteiger partial charge is 0.412 e. The van der Waals surface area contributed by atoms with E-state index in [0.29, 0.717) is 11.5 Å². The van der Waals surface area contributed by atoms with Crippen LogP contribution in [0.3, 0.4) is 0 Å². The van der Waals surface area contributed by atoms with Crippen molar-refractivity contribution >= 4 is 34.1 Å². The molecule has 0 unspecified atom stereocenters. The van der Waals surface area contributed by atoms with Crippen molar-refractivity contribution in [3.63, 3.8) is 0 Å². The number of amides is 1. The number of nitrogens with two attached hydrogens (primary N) is 1. The fourth-order valence-electron chi connectivity index (χ4n) is 1.02. The molecule has 7 heteroatoms. The molecule has 1 rings (SSSR count). The van der Waals surface area contributed by atoms with Gasteiger partial charge < -0.3 is 14.1 Å². The van der Waals surface area contributed by atoms with E-state index in [1.54, 1.807) is 30.6 Å². The minimum atomic E-state index is -0.524. The van der Waals surface area contributed by atoms with Crippen molar-refractivity contribution in [3.8, 4) is 0 Å². The van der Waals surface area contributed by atoms with Gasteiger partial charge in [-0.15, -0.1) is 0 Å². The van der Waals surface area contributed by atoms with E-state index in [0.717, 1.165) is 16.5 Å². The van der Waals surface area contributed by atoms with Crippen molar-refractivity contribution in [2.75, 3.05) is 11.1 Å². The lowest BCUT2D eigenvalue weighted by molar-refractivity contribution is 0.0636. The number of aromatic nitrogens is 2. The summed E-state index contributed by atoms with van der Waals surface area (Å²) < 4.78 is 6.73. The Hall–Kier alpha value is -1.19. The van der Waals surface area contributed by atoms with Crippen LogP contribution in [0, 0.1) is 0 Å². The van der Waals surface area contributed by atoms with E-state index in [1.165, 1.54) is 0 Å². The van der Waals surface area contributed by atoms with Gasteiger partial charge in [-0.25, -0.2) is 4.79 Å². The lowest BCUT2D eigenvalue weighted by Gasteiger charge is -2.19. The van der Waals surface area contributed by atoms with Crippen LogP contribution >= 0.6 is 0 Å². The maximum atomic E-state index is 11.4. The SMILES string of the molecule is CC(C)(C)OC(=O)Nc1c[n]([AlH2])nc1N. The van der Waals surface area contributed by atoms with Crippen molar-refractivity contribution in [1.29, 1.82) is 0 Å². The van der Waals surface area contributed by atoms with E-state index in [9.17, 15) is 4.79 Å². The Kier molecular flexibility index (Phi) is 3.27. The fourth-order valence-corrected chi connectivity index (χ4v) is 1.49. The maximum absolute atomic E-state index is 11.4. The molecule has 0 aliphatic rings. The second kappa shape index (κ2) is 4.13. The van der Waals surface area contributed by atoms with Crippen LogP contribution in [0.1, 0.15) is 20.8 Å². The molecule has 6 nitrogen and oxygen atoms in total. The summed E-state index contributed by atoms with van der Waals surface area (Å²) in [6.45, 7) is 5.39. The van der Waals surface area contributed by atoms with Crippen LogP contribution in [0.4, 0.5) is 16.3 Å². The molecule has 1 aromatic rings. The molecule has 0 saturated heterocycles. The largest absolute Gasteiger partial charge is 0.444 e. The van der Waals surface area contributed by atoms with Gasteiger partial charge in [0.05, 0.1) is 0 Å². The number of nitrogen functional groups attached to an aromatic ring is 1. The predicted octanol–water partition coefficient (Wildman–Crippen LogP) is 0.208. The first-order chi connectivity index (χ1) is 6.78. The number of carbonyl (C=O) groups excluding carboxylic acids is 1. The Bertz CT molecular complexity index is 369. The first kappa shape index (κ1) is 11.9. The average Bonchev–Trinajstić information content (AvgIpc) is 2.25. The summed E-state index contributed by atoms with van der Waals surface area (Å²) in [6.07, 6.45) is 1.15. The summed E-state index contributed by atoms with van der Waals surface area (Å²) in [5, 5.41) is 6.49. The highest BCUT2D eigenvalue weighted by molar-refractivity contribution is 6.06. The Morgan fingerprint density at radius 2 is 2.27 bits per heavy atom. The van der Waals surface area contributed by atoms with Crippen LogP contribution in [0.25, 0.3) is 0 Å². The number of nitrogens with zero attached hydrogens (tertiary/aromatic N) is 2. The van der Waals surface area contributed by atoms with Crippen LogP contribution in [0.15, 0.2) is 6.20 Å². The summed E-state index contributed by atoms with van der Waals surface area (Å²) in [4.78, 5) is 11.4. The van der Waals surface area contributed by atoms with Crippen LogP contribution < -0.4 is 11.1 Å². The number of hydrogen-bond donors (Lipinski definition) is 2. The van der Waals surface area contributed by atoms with Crippen molar-refractivity contribution in [2.45, 2.75) is 26.4 Å².